The molecular weight excluding hydrogens is 238 g/mol. The highest BCUT2D eigenvalue weighted by Crippen LogP contribution is 2.17. The second-order valence-corrected chi connectivity index (χ2v) is 4.27. The molecule has 96 valence electrons. The van der Waals surface area contributed by atoms with E-state index in [1.165, 1.54) is 0 Å². The van der Waals surface area contributed by atoms with E-state index in [2.05, 4.69) is 12.2 Å². The Kier molecular flexibility index (Phi) is 7.01. The van der Waals surface area contributed by atoms with Crippen molar-refractivity contribution in [1.82, 2.24) is 5.32 Å². The second-order valence-electron chi connectivity index (χ2n) is 3.83. The van der Waals surface area contributed by atoms with E-state index in [0.717, 1.165) is 18.8 Å². The Labute approximate surface area is 108 Å². The minimum absolute atomic E-state index is 0.195. The fourth-order valence-corrected chi connectivity index (χ4v) is 1.52. The predicted octanol–water partition coefficient (Wildman–Crippen LogP) is 2.73. The van der Waals surface area contributed by atoms with Gasteiger partial charge in [0.15, 0.2) is 0 Å². The van der Waals surface area contributed by atoms with Gasteiger partial charge in [0.2, 0.25) is 0 Å². The van der Waals surface area contributed by atoms with Gasteiger partial charge in [-0.3, -0.25) is 0 Å². The van der Waals surface area contributed by atoms with Crippen molar-refractivity contribution in [3.63, 3.8) is 0 Å². The zero-order valence-corrected chi connectivity index (χ0v) is 11.2. The Morgan fingerprint density at radius 1 is 1.35 bits per heavy atom. The highest BCUT2D eigenvalue weighted by molar-refractivity contribution is 6.30. The van der Waals surface area contributed by atoms with Crippen LogP contribution in [-0.4, -0.2) is 32.9 Å². The molecule has 0 amide bonds. The second kappa shape index (κ2) is 8.34. The molecule has 0 saturated carbocycles. The lowest BCUT2D eigenvalue weighted by Gasteiger charge is -2.17. The van der Waals surface area contributed by atoms with Crippen LogP contribution in [0.5, 0.6) is 5.75 Å². The molecular formula is C13H20ClNO2. The van der Waals surface area contributed by atoms with Gasteiger partial charge in [-0.25, -0.2) is 0 Å². The molecule has 1 unspecified atom stereocenters. The molecule has 0 aliphatic carbocycles. The Morgan fingerprint density at radius 2 is 2.18 bits per heavy atom. The molecule has 17 heavy (non-hydrogen) atoms. The van der Waals surface area contributed by atoms with Crippen molar-refractivity contribution in [1.29, 1.82) is 0 Å². The van der Waals surface area contributed by atoms with Crippen LogP contribution >= 0.6 is 11.6 Å². The van der Waals surface area contributed by atoms with Crippen LogP contribution < -0.4 is 10.1 Å². The molecule has 1 aromatic carbocycles. The van der Waals surface area contributed by atoms with E-state index in [0.29, 0.717) is 18.2 Å². The standard InChI is InChI=1S/C13H20ClNO2/c1-3-7-16-9-12(15-2)10-17-13-6-4-5-11(14)8-13/h4-6,8,12,15H,3,7,9-10H2,1-2H3. The number of hydrogen-bond acceptors (Lipinski definition) is 3. The smallest absolute Gasteiger partial charge is 0.120 e. The Morgan fingerprint density at radius 3 is 2.82 bits per heavy atom. The molecule has 1 N–H and O–H groups in total. The van der Waals surface area contributed by atoms with Gasteiger partial charge >= 0.3 is 0 Å². The highest BCUT2D eigenvalue weighted by atomic mass is 35.5. The number of hydrogen-bond donors (Lipinski definition) is 1. The van der Waals surface area contributed by atoms with Crippen molar-refractivity contribution >= 4 is 11.6 Å². The largest absolute Gasteiger partial charge is 0.492 e. The summed E-state index contributed by atoms with van der Waals surface area (Å²) < 4.78 is 11.1. The summed E-state index contributed by atoms with van der Waals surface area (Å²) in [5.41, 5.74) is 0. The molecule has 0 fully saturated rings. The molecule has 1 rings (SSSR count). The van der Waals surface area contributed by atoms with Gasteiger partial charge in [-0.2, -0.15) is 0 Å². The number of halogens is 1. The van der Waals surface area contributed by atoms with Crippen molar-refractivity contribution in [2.75, 3.05) is 26.9 Å². The van der Waals surface area contributed by atoms with Crippen molar-refractivity contribution in [2.24, 2.45) is 0 Å². The van der Waals surface area contributed by atoms with E-state index < -0.39 is 0 Å². The molecule has 1 aromatic rings. The summed E-state index contributed by atoms with van der Waals surface area (Å²) in [6.07, 6.45) is 1.03. The summed E-state index contributed by atoms with van der Waals surface area (Å²) in [4.78, 5) is 0. The average molecular weight is 258 g/mol. The molecule has 0 aliphatic heterocycles. The predicted molar refractivity (Wildman–Crippen MR) is 70.9 cm³/mol. The molecule has 0 spiro atoms. The van der Waals surface area contributed by atoms with Gasteiger partial charge in [0.05, 0.1) is 12.6 Å². The highest BCUT2D eigenvalue weighted by Gasteiger charge is 2.07. The third kappa shape index (κ3) is 5.91. The van der Waals surface area contributed by atoms with Gasteiger partial charge in [0, 0.05) is 11.6 Å². The first-order chi connectivity index (χ1) is 8.26. The minimum atomic E-state index is 0.195. The summed E-state index contributed by atoms with van der Waals surface area (Å²) in [7, 11) is 1.90. The lowest BCUT2D eigenvalue weighted by atomic mass is 10.3. The van der Waals surface area contributed by atoms with Crippen LogP contribution in [0.2, 0.25) is 5.02 Å². The Bertz CT molecular complexity index is 320. The number of benzene rings is 1. The molecule has 0 heterocycles. The van der Waals surface area contributed by atoms with E-state index in [4.69, 9.17) is 21.1 Å². The zero-order valence-electron chi connectivity index (χ0n) is 10.4. The molecule has 0 aromatic heterocycles. The van der Waals surface area contributed by atoms with Crippen LogP contribution in [0.1, 0.15) is 13.3 Å². The zero-order chi connectivity index (χ0) is 12.5. The van der Waals surface area contributed by atoms with Gasteiger partial charge in [0.1, 0.15) is 12.4 Å². The fourth-order valence-electron chi connectivity index (χ4n) is 1.34. The Balaban J connectivity index is 2.31. The maximum atomic E-state index is 5.88. The summed E-state index contributed by atoms with van der Waals surface area (Å²) in [6.45, 7) is 4.11. The fraction of sp³-hybridized carbons (Fsp3) is 0.538. The first-order valence-corrected chi connectivity index (χ1v) is 6.27. The topological polar surface area (TPSA) is 30.5 Å². The van der Waals surface area contributed by atoms with Gasteiger partial charge in [-0.05, 0) is 31.7 Å². The summed E-state index contributed by atoms with van der Waals surface area (Å²) in [5, 5.41) is 3.85. The number of rotatable bonds is 8. The van der Waals surface area contributed by atoms with Crippen LogP contribution in [-0.2, 0) is 4.74 Å². The number of nitrogens with one attached hydrogen (secondary N) is 1. The van der Waals surface area contributed by atoms with Gasteiger partial charge in [-0.15, -0.1) is 0 Å². The van der Waals surface area contributed by atoms with E-state index in [1.54, 1.807) is 6.07 Å². The third-order valence-corrected chi connectivity index (χ3v) is 2.56. The monoisotopic (exact) mass is 257 g/mol. The van der Waals surface area contributed by atoms with Crippen molar-refractivity contribution in [3.05, 3.63) is 29.3 Å². The Hall–Kier alpha value is -0.770. The van der Waals surface area contributed by atoms with E-state index in [9.17, 15) is 0 Å². The van der Waals surface area contributed by atoms with E-state index >= 15 is 0 Å². The lowest BCUT2D eigenvalue weighted by Crippen LogP contribution is -2.36. The van der Waals surface area contributed by atoms with Crippen molar-refractivity contribution in [3.8, 4) is 5.75 Å². The maximum absolute atomic E-state index is 5.88. The van der Waals surface area contributed by atoms with Crippen molar-refractivity contribution in [2.45, 2.75) is 19.4 Å². The van der Waals surface area contributed by atoms with Crippen LogP contribution in [0.25, 0.3) is 0 Å². The number of likely N-dealkylation sites (N-methyl/N-ethyl adjacent to an activating group) is 1. The van der Waals surface area contributed by atoms with Crippen LogP contribution in [0, 0.1) is 0 Å². The van der Waals surface area contributed by atoms with Crippen LogP contribution in [0.4, 0.5) is 0 Å². The number of ether oxygens (including phenoxy) is 2. The molecule has 1 atom stereocenters. The van der Waals surface area contributed by atoms with Crippen LogP contribution in [0.3, 0.4) is 0 Å². The normalized spacial score (nSPS) is 12.4. The quantitative estimate of drug-likeness (QED) is 0.727. The van der Waals surface area contributed by atoms with Gasteiger partial charge < -0.3 is 14.8 Å². The first kappa shape index (κ1) is 14.3. The van der Waals surface area contributed by atoms with Gasteiger partial charge in [-0.1, -0.05) is 24.6 Å². The summed E-state index contributed by atoms with van der Waals surface area (Å²) >= 11 is 5.88. The molecule has 4 heteroatoms. The summed E-state index contributed by atoms with van der Waals surface area (Å²) in [6, 6.07) is 7.60. The minimum Gasteiger partial charge on any atom is -0.492 e. The molecule has 0 saturated heterocycles. The first-order valence-electron chi connectivity index (χ1n) is 5.89. The van der Waals surface area contributed by atoms with Crippen molar-refractivity contribution < 1.29 is 9.47 Å². The molecule has 3 nitrogen and oxygen atoms in total. The molecule has 0 aliphatic rings. The molecule has 0 radical (unpaired) electrons. The SMILES string of the molecule is CCCOCC(COc1cccc(Cl)c1)NC. The van der Waals surface area contributed by atoms with Crippen LogP contribution in [0.15, 0.2) is 24.3 Å². The van der Waals surface area contributed by atoms with Gasteiger partial charge in [0.25, 0.3) is 0 Å². The van der Waals surface area contributed by atoms with E-state index in [-0.39, 0.29) is 6.04 Å². The summed E-state index contributed by atoms with van der Waals surface area (Å²) in [5.74, 6) is 0.785. The maximum Gasteiger partial charge on any atom is 0.120 e. The molecule has 0 bridgehead atoms. The van der Waals surface area contributed by atoms with E-state index in [1.807, 2.05) is 25.2 Å². The third-order valence-electron chi connectivity index (χ3n) is 2.32. The average Bonchev–Trinajstić information content (AvgIpc) is 2.34. The lowest BCUT2D eigenvalue weighted by molar-refractivity contribution is 0.0963.